The summed E-state index contributed by atoms with van der Waals surface area (Å²) < 4.78 is 13.8. The van der Waals surface area contributed by atoms with E-state index in [1.165, 1.54) is 23.7 Å². The highest BCUT2D eigenvalue weighted by atomic mass is 32.1. The molecule has 3 fully saturated rings. The van der Waals surface area contributed by atoms with Crippen LogP contribution in [0.1, 0.15) is 22.5 Å². The normalized spacial score (nSPS) is 26.2. The van der Waals surface area contributed by atoms with Gasteiger partial charge in [0, 0.05) is 24.3 Å². The molecule has 2 aromatic heterocycles. The number of hydrogen-bond donors (Lipinski definition) is 1. The van der Waals surface area contributed by atoms with Crippen molar-refractivity contribution >= 4 is 17.2 Å². The van der Waals surface area contributed by atoms with E-state index in [4.69, 9.17) is 0 Å². The van der Waals surface area contributed by atoms with Gasteiger partial charge in [-0.2, -0.15) is 0 Å². The van der Waals surface area contributed by atoms with Crippen molar-refractivity contribution in [2.45, 2.75) is 18.9 Å². The maximum Gasteiger partial charge on any atom is 0.263 e. The number of carbonyl (C=O) groups excluding carboxylic acids is 1. The van der Waals surface area contributed by atoms with E-state index in [0.717, 1.165) is 38.7 Å². The van der Waals surface area contributed by atoms with Crippen LogP contribution in [0.15, 0.2) is 24.7 Å². The van der Waals surface area contributed by atoms with Gasteiger partial charge in [0.2, 0.25) is 0 Å². The number of piperidine rings is 3. The van der Waals surface area contributed by atoms with E-state index in [1.54, 1.807) is 6.07 Å². The highest BCUT2D eigenvalue weighted by Crippen LogP contribution is 2.29. The summed E-state index contributed by atoms with van der Waals surface area (Å²) >= 11 is 1.21. The molecular formula is C16H17FN4OS. The Morgan fingerprint density at radius 1 is 1.35 bits per heavy atom. The molecule has 23 heavy (non-hydrogen) atoms. The molecule has 3 aliphatic heterocycles. The number of hydrogen-bond acceptors (Lipinski definition) is 5. The summed E-state index contributed by atoms with van der Waals surface area (Å²) in [5.74, 6) is 0.0437. The van der Waals surface area contributed by atoms with Crippen molar-refractivity contribution < 1.29 is 9.18 Å². The Hall–Kier alpha value is -1.86. The summed E-state index contributed by atoms with van der Waals surface area (Å²) in [6.45, 7) is 3.22. The maximum absolute atomic E-state index is 13.8. The first-order valence-electron chi connectivity index (χ1n) is 7.79. The average Bonchev–Trinajstić information content (AvgIpc) is 3.06. The van der Waals surface area contributed by atoms with Crippen LogP contribution in [-0.4, -0.2) is 46.5 Å². The minimum atomic E-state index is -0.425. The van der Waals surface area contributed by atoms with Crippen molar-refractivity contribution in [2.75, 3.05) is 19.6 Å². The molecule has 0 aliphatic carbocycles. The second-order valence-electron chi connectivity index (χ2n) is 6.10. The van der Waals surface area contributed by atoms with Crippen LogP contribution in [0.4, 0.5) is 4.39 Å². The van der Waals surface area contributed by atoms with Crippen LogP contribution < -0.4 is 5.32 Å². The van der Waals surface area contributed by atoms with Gasteiger partial charge in [-0.05, 0) is 37.9 Å². The number of carbonyl (C=O) groups is 1. The molecule has 0 unspecified atom stereocenters. The zero-order valence-electron chi connectivity index (χ0n) is 12.5. The van der Waals surface area contributed by atoms with Gasteiger partial charge in [-0.25, -0.2) is 9.37 Å². The van der Waals surface area contributed by atoms with Crippen LogP contribution in [0.2, 0.25) is 0 Å². The molecule has 120 valence electrons. The molecular weight excluding hydrogens is 315 g/mol. The summed E-state index contributed by atoms with van der Waals surface area (Å²) in [7, 11) is 0. The van der Waals surface area contributed by atoms with Gasteiger partial charge in [-0.1, -0.05) is 0 Å². The van der Waals surface area contributed by atoms with Gasteiger partial charge in [-0.3, -0.25) is 9.78 Å². The van der Waals surface area contributed by atoms with E-state index >= 15 is 0 Å². The minimum Gasteiger partial charge on any atom is -0.347 e. The van der Waals surface area contributed by atoms with Crippen molar-refractivity contribution in [3.8, 4) is 10.6 Å². The van der Waals surface area contributed by atoms with Gasteiger partial charge < -0.3 is 10.2 Å². The van der Waals surface area contributed by atoms with Gasteiger partial charge in [-0.15, -0.1) is 11.3 Å². The molecule has 1 atom stereocenters. The molecule has 1 amide bonds. The van der Waals surface area contributed by atoms with E-state index < -0.39 is 5.82 Å². The van der Waals surface area contributed by atoms with Gasteiger partial charge in [0.05, 0.1) is 12.4 Å². The number of halogens is 1. The number of nitrogens with zero attached hydrogens (tertiary/aromatic N) is 3. The topological polar surface area (TPSA) is 58.1 Å². The van der Waals surface area contributed by atoms with Crippen LogP contribution in [-0.2, 0) is 0 Å². The summed E-state index contributed by atoms with van der Waals surface area (Å²) in [5.41, 5.74) is 0.381. The van der Waals surface area contributed by atoms with Gasteiger partial charge in [0.1, 0.15) is 9.88 Å². The average molecular weight is 332 g/mol. The molecule has 0 radical (unpaired) electrons. The van der Waals surface area contributed by atoms with Crippen molar-refractivity contribution in [1.29, 1.82) is 0 Å². The Morgan fingerprint density at radius 2 is 2.17 bits per heavy atom. The third kappa shape index (κ3) is 2.86. The second-order valence-corrected chi connectivity index (χ2v) is 7.13. The lowest BCUT2D eigenvalue weighted by atomic mass is 9.84. The Bertz CT molecular complexity index is 726. The lowest BCUT2D eigenvalue weighted by Crippen LogP contribution is -2.57. The molecule has 0 spiro atoms. The molecule has 5 nitrogen and oxygen atoms in total. The smallest absolute Gasteiger partial charge is 0.263 e. The van der Waals surface area contributed by atoms with E-state index in [2.05, 4.69) is 20.2 Å². The van der Waals surface area contributed by atoms with Crippen molar-refractivity contribution in [2.24, 2.45) is 5.92 Å². The zero-order chi connectivity index (χ0) is 15.8. The minimum absolute atomic E-state index is 0.109. The molecule has 7 heteroatoms. The largest absolute Gasteiger partial charge is 0.347 e. The third-order valence-electron chi connectivity index (χ3n) is 4.70. The summed E-state index contributed by atoms with van der Waals surface area (Å²) in [6.07, 6.45) is 6.51. The fraction of sp³-hybridized carbons (Fsp3) is 0.438. The van der Waals surface area contributed by atoms with E-state index in [1.807, 2.05) is 0 Å². The molecule has 0 saturated carbocycles. The molecule has 5 heterocycles. The molecule has 2 aromatic rings. The number of nitrogens with one attached hydrogen (secondary N) is 1. The fourth-order valence-corrected chi connectivity index (χ4v) is 4.27. The van der Waals surface area contributed by atoms with Crippen LogP contribution in [0.3, 0.4) is 0 Å². The standard InChI is InChI=1S/C16H17FN4OS/c17-12-7-18-4-1-11(12)16-19-8-14(23-16)15(22)20-13-9-21-5-2-10(13)3-6-21/h1,4,7-8,10,13H,2-3,5-6,9H2,(H,20,22)/t13-/m0/s1. The first kappa shape index (κ1) is 14.7. The number of rotatable bonds is 3. The summed E-state index contributed by atoms with van der Waals surface area (Å²) in [4.78, 5) is 23.3. The van der Waals surface area contributed by atoms with Gasteiger partial charge in [0.15, 0.2) is 5.82 Å². The monoisotopic (exact) mass is 332 g/mol. The Labute approximate surface area is 137 Å². The van der Waals surface area contributed by atoms with E-state index in [-0.39, 0.29) is 11.9 Å². The van der Waals surface area contributed by atoms with Crippen LogP contribution in [0.25, 0.3) is 10.6 Å². The predicted octanol–water partition coefficient (Wildman–Crippen LogP) is 2.17. The van der Waals surface area contributed by atoms with Crippen LogP contribution in [0, 0.1) is 11.7 Å². The maximum atomic E-state index is 13.8. The summed E-state index contributed by atoms with van der Waals surface area (Å²) in [6, 6.07) is 1.79. The molecule has 0 aromatic carbocycles. The SMILES string of the molecule is O=C(N[C@H]1CN2CCC1CC2)c1cnc(-c2ccncc2F)s1. The van der Waals surface area contributed by atoms with Crippen molar-refractivity contribution in [3.05, 3.63) is 35.4 Å². The quantitative estimate of drug-likeness (QED) is 0.936. The highest BCUT2D eigenvalue weighted by molar-refractivity contribution is 7.16. The van der Waals surface area contributed by atoms with Crippen molar-refractivity contribution in [3.63, 3.8) is 0 Å². The Morgan fingerprint density at radius 3 is 2.87 bits per heavy atom. The number of aromatic nitrogens is 2. The van der Waals surface area contributed by atoms with Gasteiger partial charge >= 0.3 is 0 Å². The second kappa shape index (κ2) is 5.98. The molecule has 5 rings (SSSR count). The number of thiazole rings is 1. The number of pyridine rings is 1. The number of amides is 1. The first-order valence-corrected chi connectivity index (χ1v) is 8.61. The van der Waals surface area contributed by atoms with E-state index in [0.29, 0.717) is 21.4 Å². The van der Waals surface area contributed by atoms with E-state index in [9.17, 15) is 9.18 Å². The fourth-order valence-electron chi connectivity index (χ4n) is 3.42. The highest BCUT2D eigenvalue weighted by Gasteiger charge is 2.35. The predicted molar refractivity (Wildman–Crippen MR) is 85.7 cm³/mol. The third-order valence-corrected chi connectivity index (χ3v) is 5.73. The Balaban J connectivity index is 1.48. The molecule has 3 saturated heterocycles. The molecule has 1 N–H and O–H groups in total. The Kier molecular flexibility index (Phi) is 3.82. The first-order chi connectivity index (χ1) is 11.2. The number of fused-ring (bicyclic) bond motifs is 3. The van der Waals surface area contributed by atoms with Crippen molar-refractivity contribution in [1.82, 2.24) is 20.2 Å². The van der Waals surface area contributed by atoms with Crippen LogP contribution >= 0.6 is 11.3 Å². The zero-order valence-corrected chi connectivity index (χ0v) is 13.4. The lowest BCUT2D eigenvalue weighted by Gasteiger charge is -2.44. The lowest BCUT2D eigenvalue weighted by molar-refractivity contribution is 0.0622. The van der Waals surface area contributed by atoms with Crippen LogP contribution in [0.5, 0.6) is 0 Å². The summed E-state index contributed by atoms with van der Waals surface area (Å²) in [5, 5.41) is 3.63. The molecule has 2 bridgehead atoms. The molecule has 3 aliphatic rings. The van der Waals surface area contributed by atoms with Gasteiger partial charge in [0.25, 0.3) is 5.91 Å².